The number of aliphatic carboxylic acids is 1. The number of likely N-dealkylation sites (N-methyl/N-ethyl adjacent to an activating group) is 1. The first kappa shape index (κ1) is 13.7. The third-order valence-corrected chi connectivity index (χ3v) is 5.01. The zero-order chi connectivity index (χ0) is 13.2. The van der Waals surface area contributed by atoms with Gasteiger partial charge in [0, 0.05) is 15.2 Å². The Morgan fingerprint density at radius 3 is 2.67 bits per heavy atom. The van der Waals surface area contributed by atoms with Gasteiger partial charge in [0.05, 0.1) is 0 Å². The lowest BCUT2D eigenvalue weighted by Crippen LogP contribution is -2.48. The molecule has 0 spiro atoms. The van der Waals surface area contributed by atoms with Crippen LogP contribution in [0, 0.1) is 0 Å². The first-order chi connectivity index (χ1) is 8.55. The average Bonchev–Trinajstić information content (AvgIpc) is 2.77. The van der Waals surface area contributed by atoms with Gasteiger partial charge in [-0.15, -0.1) is 11.8 Å². The molecule has 0 radical (unpaired) electrons. The number of hydrogen-bond donors (Lipinski definition) is 2. The van der Waals surface area contributed by atoms with Gasteiger partial charge >= 0.3 is 5.97 Å². The van der Waals surface area contributed by atoms with E-state index in [-0.39, 0.29) is 0 Å². The van der Waals surface area contributed by atoms with Gasteiger partial charge < -0.3 is 10.4 Å². The number of halogens is 1. The summed E-state index contributed by atoms with van der Waals surface area (Å²) in [6.45, 7) is 0. The van der Waals surface area contributed by atoms with Crippen LogP contribution in [0.15, 0.2) is 29.2 Å². The fourth-order valence-electron chi connectivity index (χ4n) is 2.33. The van der Waals surface area contributed by atoms with Crippen LogP contribution in [-0.2, 0) is 4.79 Å². The van der Waals surface area contributed by atoms with Gasteiger partial charge in [0.1, 0.15) is 5.54 Å². The minimum Gasteiger partial charge on any atom is -0.480 e. The second kappa shape index (κ2) is 5.51. The summed E-state index contributed by atoms with van der Waals surface area (Å²) in [7, 11) is 1.73. The van der Waals surface area contributed by atoms with E-state index >= 15 is 0 Å². The third-order valence-electron chi connectivity index (χ3n) is 3.47. The summed E-state index contributed by atoms with van der Waals surface area (Å²) in [4.78, 5) is 12.4. The summed E-state index contributed by atoms with van der Waals surface area (Å²) in [5, 5.41) is 13.3. The molecule has 1 aromatic carbocycles. The van der Waals surface area contributed by atoms with Crippen LogP contribution >= 0.6 is 23.4 Å². The number of carboxylic acid groups (broad SMARTS) is 1. The highest BCUT2D eigenvalue weighted by molar-refractivity contribution is 8.00. The smallest absolute Gasteiger partial charge is 0.323 e. The molecule has 0 bridgehead atoms. The van der Waals surface area contributed by atoms with Crippen LogP contribution in [0.3, 0.4) is 0 Å². The summed E-state index contributed by atoms with van der Waals surface area (Å²) < 4.78 is 0. The SMILES string of the molecule is CNC1(C(=O)O)CCC(Sc2ccc(Cl)cc2)C1. The molecule has 0 aliphatic heterocycles. The summed E-state index contributed by atoms with van der Waals surface area (Å²) >= 11 is 7.57. The Morgan fingerprint density at radius 1 is 1.50 bits per heavy atom. The monoisotopic (exact) mass is 285 g/mol. The topological polar surface area (TPSA) is 49.3 Å². The van der Waals surface area contributed by atoms with Crippen molar-refractivity contribution in [2.75, 3.05) is 7.05 Å². The predicted octanol–water partition coefficient (Wildman–Crippen LogP) is 3.03. The molecule has 2 unspecified atom stereocenters. The molecule has 3 nitrogen and oxygen atoms in total. The van der Waals surface area contributed by atoms with Gasteiger partial charge in [-0.2, -0.15) is 0 Å². The van der Waals surface area contributed by atoms with Crippen molar-refractivity contribution in [2.24, 2.45) is 0 Å². The van der Waals surface area contributed by atoms with E-state index in [1.54, 1.807) is 18.8 Å². The number of benzene rings is 1. The Kier molecular flexibility index (Phi) is 4.20. The standard InChI is InChI=1S/C13H16ClNO2S/c1-15-13(12(16)17)7-6-11(8-13)18-10-4-2-9(14)3-5-10/h2-5,11,15H,6-8H2,1H3,(H,16,17). The highest BCUT2D eigenvalue weighted by atomic mass is 35.5. The second-order valence-electron chi connectivity index (χ2n) is 4.57. The van der Waals surface area contributed by atoms with E-state index in [9.17, 15) is 9.90 Å². The van der Waals surface area contributed by atoms with Gasteiger partial charge in [0.2, 0.25) is 0 Å². The molecule has 1 aliphatic rings. The lowest BCUT2D eigenvalue weighted by atomic mass is 9.99. The number of nitrogens with one attached hydrogen (secondary N) is 1. The largest absolute Gasteiger partial charge is 0.480 e. The second-order valence-corrected chi connectivity index (χ2v) is 6.38. The lowest BCUT2D eigenvalue weighted by Gasteiger charge is -2.23. The van der Waals surface area contributed by atoms with Crippen LogP contribution in [-0.4, -0.2) is 28.9 Å². The molecule has 18 heavy (non-hydrogen) atoms. The molecular weight excluding hydrogens is 270 g/mol. The first-order valence-electron chi connectivity index (χ1n) is 5.90. The van der Waals surface area contributed by atoms with Crippen LogP contribution in [0.1, 0.15) is 19.3 Å². The zero-order valence-corrected chi connectivity index (χ0v) is 11.7. The van der Waals surface area contributed by atoms with Crippen molar-refractivity contribution in [3.8, 4) is 0 Å². The summed E-state index contributed by atoms with van der Waals surface area (Å²) in [6.07, 6.45) is 2.26. The maximum absolute atomic E-state index is 11.3. The first-order valence-corrected chi connectivity index (χ1v) is 7.16. The minimum atomic E-state index is -0.746. The molecule has 0 heterocycles. The van der Waals surface area contributed by atoms with Gasteiger partial charge in [-0.25, -0.2) is 0 Å². The van der Waals surface area contributed by atoms with Crippen molar-refractivity contribution >= 4 is 29.3 Å². The number of thioether (sulfide) groups is 1. The Bertz CT molecular complexity index is 437. The molecule has 0 aromatic heterocycles. The van der Waals surface area contributed by atoms with E-state index in [0.717, 1.165) is 16.3 Å². The third kappa shape index (κ3) is 2.82. The molecule has 5 heteroatoms. The fourth-order valence-corrected chi connectivity index (χ4v) is 3.74. The average molecular weight is 286 g/mol. The number of hydrogen-bond acceptors (Lipinski definition) is 3. The Hall–Kier alpha value is -0.710. The van der Waals surface area contributed by atoms with Crippen molar-refractivity contribution in [3.63, 3.8) is 0 Å². The Balaban J connectivity index is 2.01. The fraction of sp³-hybridized carbons (Fsp3) is 0.462. The number of carboxylic acids is 1. The van der Waals surface area contributed by atoms with Gasteiger partial charge in [0.15, 0.2) is 0 Å². The Labute approximate surface area is 116 Å². The van der Waals surface area contributed by atoms with E-state index < -0.39 is 11.5 Å². The maximum Gasteiger partial charge on any atom is 0.323 e. The molecule has 2 N–H and O–H groups in total. The van der Waals surface area contributed by atoms with Gasteiger partial charge in [0.25, 0.3) is 0 Å². The highest BCUT2D eigenvalue weighted by Gasteiger charge is 2.44. The van der Waals surface area contributed by atoms with E-state index in [4.69, 9.17) is 11.6 Å². The molecule has 2 atom stereocenters. The Morgan fingerprint density at radius 2 is 2.17 bits per heavy atom. The number of carbonyl (C=O) groups is 1. The quantitative estimate of drug-likeness (QED) is 0.893. The molecule has 1 aromatic rings. The van der Waals surface area contributed by atoms with E-state index in [0.29, 0.717) is 18.1 Å². The van der Waals surface area contributed by atoms with E-state index in [1.165, 1.54) is 0 Å². The zero-order valence-electron chi connectivity index (χ0n) is 10.1. The van der Waals surface area contributed by atoms with Crippen molar-refractivity contribution in [1.29, 1.82) is 0 Å². The molecule has 1 aliphatic carbocycles. The molecule has 1 saturated carbocycles. The maximum atomic E-state index is 11.3. The number of rotatable bonds is 4. The molecule has 98 valence electrons. The van der Waals surface area contributed by atoms with Gasteiger partial charge in [-0.3, -0.25) is 4.79 Å². The van der Waals surface area contributed by atoms with Crippen molar-refractivity contribution in [2.45, 2.75) is 34.9 Å². The normalized spacial score (nSPS) is 27.3. The van der Waals surface area contributed by atoms with Crippen LogP contribution in [0.2, 0.25) is 5.02 Å². The minimum absolute atomic E-state index is 0.342. The summed E-state index contributed by atoms with van der Waals surface area (Å²) in [5.74, 6) is -0.746. The van der Waals surface area contributed by atoms with Crippen LogP contribution in [0.4, 0.5) is 0 Å². The van der Waals surface area contributed by atoms with Crippen LogP contribution in [0.5, 0.6) is 0 Å². The van der Waals surface area contributed by atoms with Crippen LogP contribution in [0.25, 0.3) is 0 Å². The van der Waals surface area contributed by atoms with Crippen molar-refractivity contribution in [1.82, 2.24) is 5.32 Å². The summed E-state index contributed by atoms with van der Waals surface area (Å²) in [6, 6.07) is 7.68. The van der Waals surface area contributed by atoms with Gasteiger partial charge in [-0.05, 0) is 50.6 Å². The molecule has 0 saturated heterocycles. The van der Waals surface area contributed by atoms with Crippen LogP contribution < -0.4 is 5.32 Å². The van der Waals surface area contributed by atoms with E-state index in [1.807, 2.05) is 24.3 Å². The van der Waals surface area contributed by atoms with Crippen molar-refractivity contribution in [3.05, 3.63) is 29.3 Å². The van der Waals surface area contributed by atoms with Crippen molar-refractivity contribution < 1.29 is 9.90 Å². The highest BCUT2D eigenvalue weighted by Crippen LogP contribution is 2.40. The molecule has 1 fully saturated rings. The van der Waals surface area contributed by atoms with Gasteiger partial charge in [-0.1, -0.05) is 11.6 Å². The molecule has 0 amide bonds. The summed E-state index contributed by atoms with van der Waals surface area (Å²) in [5.41, 5.74) is -0.746. The lowest BCUT2D eigenvalue weighted by molar-refractivity contribution is -0.144. The van der Waals surface area contributed by atoms with E-state index in [2.05, 4.69) is 5.32 Å². The predicted molar refractivity (Wildman–Crippen MR) is 74.4 cm³/mol. The molecular formula is C13H16ClNO2S. The molecule has 2 rings (SSSR count).